The van der Waals surface area contributed by atoms with Gasteiger partial charge in [0.05, 0.1) is 37.2 Å². The number of hydrogen-bond donors (Lipinski definition) is 6. The SMILES string of the molecule is O.O.O.O.O.O.O.O.O.O=C([O-])CC(O)(CC(=O)O)C(=O)[O-].O=C([O-])CC(O)(CC(=O)O)C(=O)[O-].O=C([O-])CC(O)(CC(=O)O)C(=O)[O-].[Mg+2].[Mg+2].[Mg+2]. The second-order valence-corrected chi connectivity index (χ2v) is 7.32. The summed E-state index contributed by atoms with van der Waals surface area (Å²) in [5.74, 6) is -17.0. The van der Waals surface area contributed by atoms with Gasteiger partial charge in [0.15, 0.2) is 0 Å². The largest absolute Gasteiger partial charge is 2.00 e. The van der Waals surface area contributed by atoms with E-state index in [9.17, 15) is 73.8 Å². The van der Waals surface area contributed by atoms with Crippen LogP contribution >= 0.6 is 0 Å². The number of carbonyl (C=O) groups excluding carboxylic acids is 6. The van der Waals surface area contributed by atoms with Crippen molar-refractivity contribution in [1.29, 1.82) is 0 Å². The standard InChI is InChI=1S/3C6H8O7.3Mg.9H2O/c3*7-3(8)1-6(13,5(11)12)2-4(9)10;;;;;;;;;;;;/h3*13H,1-2H2,(H,7,8)(H,9,10)(H,11,12);;;;9*1H2/q;;;3*+2;;;;;;;;;/p-6. The summed E-state index contributed by atoms with van der Waals surface area (Å²) in [7, 11) is 0. The van der Waals surface area contributed by atoms with Crippen LogP contribution in [0.3, 0.4) is 0 Å². The minimum Gasteiger partial charge on any atom is -0.550 e. The number of carbonyl (C=O) groups is 9. The van der Waals surface area contributed by atoms with Gasteiger partial charge in [-0.1, -0.05) is 0 Å². The van der Waals surface area contributed by atoms with Crippen molar-refractivity contribution in [2.24, 2.45) is 0 Å². The Morgan fingerprint density at radius 2 is 0.451 bits per heavy atom. The fourth-order valence-corrected chi connectivity index (χ4v) is 2.09. The molecule has 3 atom stereocenters. The molecule has 33 heteroatoms. The fraction of sp³-hybridized carbons (Fsp3) is 0.500. The third kappa shape index (κ3) is 47.0. The van der Waals surface area contributed by atoms with Gasteiger partial charge in [0.2, 0.25) is 0 Å². The normalized spacial score (nSPS) is 11.1. The molecule has 0 spiro atoms. The molecule has 0 aliphatic carbocycles. The molecule has 0 radical (unpaired) electrons. The van der Waals surface area contributed by atoms with Crippen LogP contribution in [-0.2, 0) is 43.2 Å². The Morgan fingerprint density at radius 3 is 0.510 bits per heavy atom. The van der Waals surface area contributed by atoms with Gasteiger partial charge in [-0.15, -0.1) is 0 Å². The van der Waals surface area contributed by atoms with Crippen molar-refractivity contribution in [2.45, 2.75) is 55.3 Å². The second kappa shape index (κ2) is 43.2. The zero-order valence-corrected chi connectivity index (χ0v) is 29.9. The van der Waals surface area contributed by atoms with Crippen LogP contribution in [0.5, 0.6) is 0 Å². The number of carboxylic acid groups (broad SMARTS) is 9. The number of rotatable bonds is 15. The molecule has 0 aromatic rings. The maximum Gasteiger partial charge on any atom is 2.00 e. The first-order valence-electron chi connectivity index (χ1n) is 9.40. The number of hydrogen-bond acceptors (Lipinski definition) is 18. The van der Waals surface area contributed by atoms with E-state index in [1.807, 2.05) is 0 Å². The molecule has 0 heterocycles. The molecule has 51 heavy (non-hydrogen) atoms. The van der Waals surface area contributed by atoms with E-state index in [1.54, 1.807) is 0 Å². The van der Waals surface area contributed by atoms with Crippen LogP contribution in [0.1, 0.15) is 38.5 Å². The molecular weight excluding hydrogens is 769 g/mol. The van der Waals surface area contributed by atoms with Gasteiger partial charge in [-0.2, -0.15) is 0 Å². The molecule has 0 saturated heterocycles. The van der Waals surface area contributed by atoms with Gasteiger partial charge < -0.3 is 139 Å². The van der Waals surface area contributed by atoms with Crippen molar-refractivity contribution in [2.75, 3.05) is 0 Å². The van der Waals surface area contributed by atoms with E-state index in [2.05, 4.69) is 0 Å². The molecule has 294 valence electrons. The van der Waals surface area contributed by atoms with E-state index in [4.69, 9.17) is 30.6 Å². The molecule has 0 rings (SSSR count). The Hall–Kier alpha value is -2.95. The summed E-state index contributed by atoms with van der Waals surface area (Å²) >= 11 is 0. The minimum absolute atomic E-state index is 0. The van der Waals surface area contributed by atoms with Crippen molar-refractivity contribution in [3.63, 3.8) is 0 Å². The summed E-state index contributed by atoms with van der Waals surface area (Å²) in [6.07, 6.45) is -7.69. The molecule has 0 amide bonds. The van der Waals surface area contributed by atoms with Gasteiger partial charge in [0, 0.05) is 37.2 Å². The van der Waals surface area contributed by atoms with Crippen molar-refractivity contribution in [3.8, 4) is 0 Å². The van der Waals surface area contributed by atoms with Gasteiger partial charge in [-0.25, -0.2) is 0 Å². The predicted octanol–water partition coefficient (Wildman–Crippen LogP) is -20.3. The number of carboxylic acids is 9. The van der Waals surface area contributed by atoms with Crippen molar-refractivity contribution >= 4 is 123 Å². The molecule has 3 unspecified atom stereocenters. The molecule has 24 N–H and O–H groups in total. The molecule has 0 bridgehead atoms. The van der Waals surface area contributed by atoms with E-state index in [0.29, 0.717) is 0 Å². The first kappa shape index (κ1) is 97.4. The molecule has 0 aliphatic rings. The van der Waals surface area contributed by atoms with E-state index in [-0.39, 0.29) is 118 Å². The van der Waals surface area contributed by atoms with E-state index in [1.165, 1.54) is 0 Å². The number of aliphatic carboxylic acids is 9. The first-order valence-corrected chi connectivity index (χ1v) is 9.40. The third-order valence-corrected chi connectivity index (χ3v) is 3.78. The zero-order valence-electron chi connectivity index (χ0n) is 25.7. The maximum absolute atomic E-state index is 10.2. The van der Waals surface area contributed by atoms with Gasteiger partial charge in [-0.3, -0.25) is 14.4 Å². The average molecular weight is 805 g/mol. The van der Waals surface area contributed by atoms with Gasteiger partial charge >= 0.3 is 87.1 Å². The molecule has 0 aromatic carbocycles. The molecular formula is C18H36Mg3O30. The first-order chi connectivity index (χ1) is 17.3. The minimum atomic E-state index is -2.91. The topological polar surface area (TPSA) is 697 Å². The molecule has 0 fully saturated rings. The Balaban J connectivity index is -0.0000000262. The van der Waals surface area contributed by atoms with E-state index < -0.39 is 109 Å². The van der Waals surface area contributed by atoms with Crippen LogP contribution in [0.4, 0.5) is 0 Å². The monoisotopic (exact) mass is 804 g/mol. The molecule has 0 saturated carbocycles. The Morgan fingerprint density at radius 1 is 0.333 bits per heavy atom. The van der Waals surface area contributed by atoms with E-state index >= 15 is 0 Å². The van der Waals surface area contributed by atoms with Crippen molar-refractivity contribution < 1.29 is 154 Å². The second-order valence-electron chi connectivity index (χ2n) is 7.32. The molecule has 30 nitrogen and oxygen atoms in total. The Labute approximate surface area is 330 Å². The summed E-state index contributed by atoms with van der Waals surface area (Å²) in [5.41, 5.74) is -8.74. The van der Waals surface area contributed by atoms with Crippen LogP contribution in [0, 0.1) is 0 Å². The predicted molar refractivity (Wildman–Crippen MR) is 145 cm³/mol. The summed E-state index contributed by atoms with van der Waals surface area (Å²) in [5, 5.41) is 112. The maximum atomic E-state index is 10.2. The molecule has 0 aliphatic heterocycles. The van der Waals surface area contributed by atoms with Crippen LogP contribution in [-0.4, -0.2) is 220 Å². The Kier molecular flexibility index (Phi) is 82.5. The quantitative estimate of drug-likeness (QED) is 0.0837. The summed E-state index contributed by atoms with van der Waals surface area (Å²) in [6.45, 7) is 0. The van der Waals surface area contributed by atoms with Crippen LogP contribution in [0.15, 0.2) is 0 Å². The van der Waals surface area contributed by atoms with Crippen LogP contribution in [0.25, 0.3) is 0 Å². The third-order valence-electron chi connectivity index (χ3n) is 3.78. The zero-order chi connectivity index (χ0) is 31.9. The average Bonchev–Trinajstić information content (AvgIpc) is 2.64. The summed E-state index contributed by atoms with van der Waals surface area (Å²) in [6, 6.07) is 0. The van der Waals surface area contributed by atoms with Gasteiger partial charge in [-0.05, 0) is 0 Å². The van der Waals surface area contributed by atoms with Crippen LogP contribution in [0.2, 0.25) is 0 Å². The molecule has 0 aromatic heterocycles. The Bertz CT molecular complexity index is 829. The van der Waals surface area contributed by atoms with Crippen LogP contribution < -0.4 is 30.6 Å². The smallest absolute Gasteiger partial charge is 0.550 e. The van der Waals surface area contributed by atoms with Crippen molar-refractivity contribution in [3.05, 3.63) is 0 Å². The van der Waals surface area contributed by atoms with Crippen molar-refractivity contribution in [1.82, 2.24) is 0 Å². The van der Waals surface area contributed by atoms with Gasteiger partial charge in [0.25, 0.3) is 0 Å². The number of aliphatic hydroxyl groups is 3. The van der Waals surface area contributed by atoms with Gasteiger partial charge in [0.1, 0.15) is 16.8 Å². The fourth-order valence-electron chi connectivity index (χ4n) is 2.09. The van der Waals surface area contributed by atoms with E-state index in [0.717, 1.165) is 0 Å². The summed E-state index contributed by atoms with van der Waals surface area (Å²) in [4.78, 5) is 90.5. The summed E-state index contributed by atoms with van der Waals surface area (Å²) < 4.78 is 0.